The molecule has 1 atom stereocenters. The van der Waals surface area contributed by atoms with Crippen LogP contribution in [0.25, 0.3) is 0 Å². The zero-order chi connectivity index (χ0) is 20.8. The van der Waals surface area contributed by atoms with Crippen molar-refractivity contribution in [3.63, 3.8) is 0 Å². The normalized spacial score (nSPS) is 11.3. The molecule has 0 N–H and O–H groups in total. The number of esters is 1. The maximum atomic E-state index is 13.0. The molecule has 146 valence electrons. The Labute approximate surface area is 166 Å². The van der Waals surface area contributed by atoms with Crippen molar-refractivity contribution in [1.82, 2.24) is 0 Å². The van der Waals surface area contributed by atoms with Crippen LogP contribution in [0.5, 0.6) is 5.75 Å². The van der Waals surface area contributed by atoms with Crippen LogP contribution >= 0.6 is 0 Å². The van der Waals surface area contributed by atoms with E-state index < -0.39 is 22.8 Å². The van der Waals surface area contributed by atoms with Gasteiger partial charge in [-0.2, -0.15) is 0 Å². The van der Waals surface area contributed by atoms with Gasteiger partial charge in [-0.15, -0.1) is 0 Å². The number of carbonyl (C=O) groups excluding carboxylic acids is 2. The van der Waals surface area contributed by atoms with Gasteiger partial charge in [-0.1, -0.05) is 42.5 Å². The number of nitro benzene ring substituents is 1. The lowest BCUT2D eigenvalue weighted by Crippen LogP contribution is -2.20. The van der Waals surface area contributed by atoms with Crippen molar-refractivity contribution in [3.05, 3.63) is 106 Å². The lowest BCUT2D eigenvalue weighted by Gasteiger charge is -2.18. The topological polar surface area (TPSA) is 95.7 Å². The fourth-order valence-electron chi connectivity index (χ4n) is 2.78. The minimum absolute atomic E-state index is 0.129. The number of ether oxygens (including phenoxy) is 2. The van der Waals surface area contributed by atoms with E-state index in [0.717, 1.165) is 0 Å². The van der Waals surface area contributed by atoms with Gasteiger partial charge < -0.3 is 9.47 Å². The molecule has 3 aromatic rings. The fourth-order valence-corrected chi connectivity index (χ4v) is 2.78. The molecular formula is C22H17NO6. The standard InChI is InChI=1S/C22H17NO6/c1-28-19-10-6-5-9-18(19)22(25)29-21(20(24)15-7-3-2-4-8-15)16-11-13-17(14-12-16)23(26)27/h2-14,21H,1H3/t21-/m1/s1. The minimum atomic E-state index is -1.27. The second kappa shape index (κ2) is 8.79. The zero-order valence-corrected chi connectivity index (χ0v) is 15.5. The molecule has 0 aliphatic carbocycles. The molecule has 0 unspecified atom stereocenters. The summed E-state index contributed by atoms with van der Waals surface area (Å²) in [5.74, 6) is -0.870. The fraction of sp³-hybridized carbons (Fsp3) is 0.0909. The summed E-state index contributed by atoms with van der Waals surface area (Å²) in [4.78, 5) is 36.2. The number of benzene rings is 3. The minimum Gasteiger partial charge on any atom is -0.496 e. The molecule has 7 nitrogen and oxygen atoms in total. The first-order chi connectivity index (χ1) is 14.0. The average Bonchev–Trinajstić information content (AvgIpc) is 2.77. The maximum absolute atomic E-state index is 13.0. The van der Waals surface area contributed by atoms with Gasteiger partial charge >= 0.3 is 5.97 Å². The van der Waals surface area contributed by atoms with Crippen molar-refractivity contribution in [3.8, 4) is 5.75 Å². The Kier molecular flexibility index (Phi) is 5.99. The smallest absolute Gasteiger partial charge is 0.342 e. The number of methoxy groups -OCH3 is 1. The summed E-state index contributed by atoms with van der Waals surface area (Å²) in [7, 11) is 1.43. The number of non-ortho nitro benzene ring substituents is 1. The Morgan fingerprint density at radius 1 is 0.897 bits per heavy atom. The molecule has 0 bridgehead atoms. The van der Waals surface area contributed by atoms with Crippen LogP contribution in [0.2, 0.25) is 0 Å². The summed E-state index contributed by atoms with van der Waals surface area (Å²) in [6, 6.07) is 20.2. The largest absolute Gasteiger partial charge is 0.496 e. The van der Waals surface area contributed by atoms with Crippen LogP contribution in [0.3, 0.4) is 0 Å². The third kappa shape index (κ3) is 4.47. The highest BCUT2D eigenvalue weighted by atomic mass is 16.6. The molecule has 7 heteroatoms. The lowest BCUT2D eigenvalue weighted by atomic mass is 9.99. The van der Waals surface area contributed by atoms with Gasteiger partial charge in [-0.3, -0.25) is 14.9 Å². The molecule has 0 amide bonds. The van der Waals surface area contributed by atoms with Crippen molar-refractivity contribution in [2.45, 2.75) is 6.10 Å². The van der Waals surface area contributed by atoms with Crippen LogP contribution in [0.4, 0.5) is 5.69 Å². The third-order valence-electron chi connectivity index (χ3n) is 4.25. The molecule has 0 radical (unpaired) electrons. The van der Waals surface area contributed by atoms with E-state index in [1.54, 1.807) is 48.5 Å². The summed E-state index contributed by atoms with van der Waals surface area (Å²) in [6.45, 7) is 0. The van der Waals surface area contributed by atoms with Gasteiger partial charge in [0.25, 0.3) is 5.69 Å². The Bertz CT molecular complexity index is 1030. The summed E-state index contributed by atoms with van der Waals surface area (Å²) < 4.78 is 10.7. The molecule has 0 aromatic heterocycles. The summed E-state index contributed by atoms with van der Waals surface area (Å²) in [5, 5.41) is 10.9. The highest BCUT2D eigenvalue weighted by Crippen LogP contribution is 2.28. The van der Waals surface area contributed by atoms with E-state index in [9.17, 15) is 19.7 Å². The molecule has 0 spiro atoms. The Morgan fingerprint density at radius 3 is 2.14 bits per heavy atom. The predicted octanol–water partition coefficient (Wildman–Crippen LogP) is 4.38. The number of ketones is 1. The van der Waals surface area contributed by atoms with Gasteiger partial charge in [-0.25, -0.2) is 4.79 Å². The molecule has 0 aliphatic heterocycles. The van der Waals surface area contributed by atoms with Gasteiger partial charge in [0.2, 0.25) is 5.78 Å². The molecule has 0 fully saturated rings. The number of carbonyl (C=O) groups is 2. The van der Waals surface area contributed by atoms with Gasteiger partial charge in [-0.05, 0) is 24.3 Å². The first-order valence-electron chi connectivity index (χ1n) is 8.69. The zero-order valence-electron chi connectivity index (χ0n) is 15.5. The molecule has 0 saturated carbocycles. The van der Waals surface area contributed by atoms with Crippen molar-refractivity contribution in [2.24, 2.45) is 0 Å². The number of hydrogen-bond donors (Lipinski definition) is 0. The number of hydrogen-bond acceptors (Lipinski definition) is 6. The molecule has 3 aromatic carbocycles. The number of rotatable bonds is 7. The predicted molar refractivity (Wildman–Crippen MR) is 105 cm³/mol. The quantitative estimate of drug-likeness (QED) is 0.257. The Balaban J connectivity index is 1.97. The van der Waals surface area contributed by atoms with Crippen molar-refractivity contribution >= 4 is 17.4 Å². The van der Waals surface area contributed by atoms with E-state index in [0.29, 0.717) is 16.9 Å². The maximum Gasteiger partial charge on any atom is 0.342 e. The van der Waals surface area contributed by atoms with Gasteiger partial charge in [0.05, 0.1) is 12.0 Å². The Hall–Kier alpha value is -4.00. The second-order valence-corrected chi connectivity index (χ2v) is 6.06. The van der Waals surface area contributed by atoms with Crippen LogP contribution in [0, 0.1) is 10.1 Å². The van der Waals surface area contributed by atoms with Crippen LogP contribution in [-0.4, -0.2) is 23.8 Å². The van der Waals surface area contributed by atoms with Gasteiger partial charge in [0.1, 0.15) is 11.3 Å². The molecule has 0 aliphatic rings. The van der Waals surface area contributed by atoms with Crippen molar-refractivity contribution < 1.29 is 24.0 Å². The van der Waals surface area contributed by atoms with E-state index in [-0.39, 0.29) is 11.3 Å². The van der Waals surface area contributed by atoms with Crippen LogP contribution < -0.4 is 4.74 Å². The number of Topliss-reactive ketones (excluding diaryl/α,β-unsaturated/α-hetero) is 1. The highest BCUT2D eigenvalue weighted by molar-refractivity contribution is 6.02. The highest BCUT2D eigenvalue weighted by Gasteiger charge is 2.28. The van der Waals surface area contributed by atoms with E-state index in [1.807, 2.05) is 0 Å². The Morgan fingerprint density at radius 2 is 1.52 bits per heavy atom. The average molecular weight is 391 g/mol. The SMILES string of the molecule is COc1ccccc1C(=O)O[C@@H](C(=O)c1ccccc1)c1ccc([N+](=O)[O-])cc1. The third-order valence-corrected chi connectivity index (χ3v) is 4.25. The first kappa shape index (κ1) is 19.8. The van der Waals surface area contributed by atoms with Crippen LogP contribution in [0.1, 0.15) is 32.4 Å². The van der Waals surface area contributed by atoms with E-state index in [1.165, 1.54) is 37.4 Å². The molecule has 0 saturated heterocycles. The van der Waals surface area contributed by atoms with Crippen LogP contribution in [-0.2, 0) is 4.74 Å². The van der Waals surface area contributed by atoms with E-state index in [4.69, 9.17) is 9.47 Å². The molecule has 29 heavy (non-hydrogen) atoms. The van der Waals surface area contributed by atoms with E-state index in [2.05, 4.69) is 0 Å². The number of nitro groups is 1. The summed E-state index contributed by atoms with van der Waals surface area (Å²) in [5.41, 5.74) is 0.717. The number of nitrogens with zero attached hydrogens (tertiary/aromatic N) is 1. The number of para-hydroxylation sites is 1. The van der Waals surface area contributed by atoms with E-state index >= 15 is 0 Å². The second-order valence-electron chi connectivity index (χ2n) is 6.06. The summed E-state index contributed by atoms with van der Waals surface area (Å²) in [6.07, 6.45) is -1.27. The van der Waals surface area contributed by atoms with Crippen molar-refractivity contribution in [1.29, 1.82) is 0 Å². The first-order valence-corrected chi connectivity index (χ1v) is 8.69. The monoisotopic (exact) mass is 391 g/mol. The van der Waals surface area contributed by atoms with Crippen molar-refractivity contribution in [2.75, 3.05) is 7.11 Å². The molecule has 0 heterocycles. The lowest BCUT2D eigenvalue weighted by molar-refractivity contribution is -0.384. The molecule has 3 rings (SSSR count). The van der Waals surface area contributed by atoms with Gasteiger partial charge in [0, 0.05) is 23.3 Å². The molecular weight excluding hydrogens is 374 g/mol. The van der Waals surface area contributed by atoms with Crippen LogP contribution in [0.15, 0.2) is 78.9 Å². The summed E-state index contributed by atoms with van der Waals surface area (Å²) >= 11 is 0. The van der Waals surface area contributed by atoms with Gasteiger partial charge in [0.15, 0.2) is 6.10 Å².